The summed E-state index contributed by atoms with van der Waals surface area (Å²) in [6, 6.07) is 0. The molecule has 0 saturated heterocycles. The molecule has 0 aromatic rings. The molecular formula is C27H44O5. The minimum absolute atomic E-state index is 0.0809. The van der Waals surface area contributed by atoms with Crippen molar-refractivity contribution in [2.24, 2.45) is 40.4 Å². The molecule has 4 fully saturated rings. The third-order valence-electron chi connectivity index (χ3n) is 10.9. The highest BCUT2D eigenvalue weighted by molar-refractivity contribution is 5.69. The lowest BCUT2D eigenvalue weighted by atomic mass is 9.43. The van der Waals surface area contributed by atoms with Crippen molar-refractivity contribution in [3.63, 3.8) is 0 Å². The minimum atomic E-state index is -0.716. The maximum absolute atomic E-state index is 11.8. The molecule has 0 amide bonds. The summed E-state index contributed by atoms with van der Waals surface area (Å²) in [4.78, 5) is 23.2. The van der Waals surface area contributed by atoms with Crippen LogP contribution in [0.3, 0.4) is 0 Å². The largest absolute Gasteiger partial charge is 0.469 e. The molecule has 4 rings (SSSR count). The summed E-state index contributed by atoms with van der Waals surface area (Å²) in [5, 5.41) is 11.8. The lowest BCUT2D eigenvalue weighted by Gasteiger charge is -2.64. The third-order valence-corrected chi connectivity index (χ3v) is 10.9. The maximum atomic E-state index is 11.8. The number of ether oxygens (including phenoxy) is 2. The van der Waals surface area contributed by atoms with Gasteiger partial charge in [-0.1, -0.05) is 20.8 Å². The Morgan fingerprint density at radius 3 is 2.47 bits per heavy atom. The SMILES string of the molecule is COC(=O)CC[C@@H](C)[C@H]1CC[C@H]2[C@@H]3CC[C@@]4(O)C[C@H](OC(C)=O)CC[C@]4(C)[C@H]3CC[C@]12C. The third kappa shape index (κ3) is 3.80. The van der Waals surface area contributed by atoms with Crippen molar-refractivity contribution in [1.29, 1.82) is 0 Å². The normalized spacial score (nSPS) is 46.4. The van der Waals surface area contributed by atoms with E-state index in [2.05, 4.69) is 20.8 Å². The first-order valence-electron chi connectivity index (χ1n) is 13.0. The van der Waals surface area contributed by atoms with Crippen molar-refractivity contribution < 1.29 is 24.2 Å². The highest BCUT2D eigenvalue weighted by Gasteiger charge is 2.65. The topological polar surface area (TPSA) is 72.8 Å². The summed E-state index contributed by atoms with van der Waals surface area (Å²) in [5.74, 6) is 2.84. The predicted molar refractivity (Wildman–Crippen MR) is 123 cm³/mol. The lowest BCUT2D eigenvalue weighted by molar-refractivity contribution is -0.224. The van der Waals surface area contributed by atoms with Crippen molar-refractivity contribution in [3.05, 3.63) is 0 Å². The van der Waals surface area contributed by atoms with Gasteiger partial charge in [0.05, 0.1) is 12.7 Å². The molecule has 0 bridgehead atoms. The van der Waals surface area contributed by atoms with Gasteiger partial charge in [-0.05, 0) is 98.2 Å². The van der Waals surface area contributed by atoms with Crippen LogP contribution in [-0.2, 0) is 19.1 Å². The first kappa shape index (κ1) is 24.0. The van der Waals surface area contributed by atoms with Crippen LogP contribution < -0.4 is 0 Å². The van der Waals surface area contributed by atoms with Crippen LogP contribution in [0.5, 0.6) is 0 Å². The van der Waals surface area contributed by atoms with E-state index in [4.69, 9.17) is 9.47 Å². The number of fused-ring (bicyclic) bond motifs is 5. The molecule has 0 unspecified atom stereocenters. The second-order valence-electron chi connectivity index (χ2n) is 12.2. The Balaban J connectivity index is 1.49. The van der Waals surface area contributed by atoms with Crippen LogP contribution >= 0.6 is 0 Å². The Hall–Kier alpha value is -1.10. The number of esters is 2. The van der Waals surface area contributed by atoms with Crippen LogP contribution in [0.25, 0.3) is 0 Å². The Labute approximate surface area is 194 Å². The highest BCUT2D eigenvalue weighted by atomic mass is 16.5. The van der Waals surface area contributed by atoms with Gasteiger partial charge in [-0.25, -0.2) is 0 Å². The van der Waals surface area contributed by atoms with E-state index in [0.29, 0.717) is 41.9 Å². The first-order chi connectivity index (χ1) is 15.0. The summed E-state index contributed by atoms with van der Waals surface area (Å²) >= 11 is 0. The number of methoxy groups -OCH3 is 1. The smallest absolute Gasteiger partial charge is 0.305 e. The van der Waals surface area contributed by atoms with Gasteiger partial charge in [0.2, 0.25) is 0 Å². The molecule has 0 aromatic heterocycles. The second kappa shape index (κ2) is 8.60. The molecule has 9 atom stereocenters. The van der Waals surface area contributed by atoms with Crippen molar-refractivity contribution in [2.75, 3.05) is 7.11 Å². The summed E-state index contributed by atoms with van der Waals surface area (Å²) in [5.41, 5.74) is -0.452. The van der Waals surface area contributed by atoms with Crippen LogP contribution in [0.2, 0.25) is 0 Å². The van der Waals surface area contributed by atoms with E-state index in [1.165, 1.54) is 39.7 Å². The number of aliphatic hydroxyl groups is 1. The van der Waals surface area contributed by atoms with Crippen LogP contribution in [-0.4, -0.2) is 35.9 Å². The zero-order valence-corrected chi connectivity index (χ0v) is 20.8. The Bertz CT molecular complexity index is 736. The Kier molecular flexibility index (Phi) is 6.46. The fraction of sp³-hybridized carbons (Fsp3) is 0.926. The molecule has 182 valence electrons. The molecule has 4 aliphatic carbocycles. The van der Waals surface area contributed by atoms with Crippen LogP contribution in [0, 0.1) is 40.4 Å². The molecule has 1 N–H and O–H groups in total. The highest BCUT2D eigenvalue weighted by Crippen LogP contribution is 2.69. The van der Waals surface area contributed by atoms with Gasteiger partial charge in [0, 0.05) is 19.8 Å². The van der Waals surface area contributed by atoms with E-state index in [1.807, 2.05) is 0 Å². The van der Waals surface area contributed by atoms with Crippen molar-refractivity contribution in [1.82, 2.24) is 0 Å². The molecule has 5 heteroatoms. The molecule has 4 aliphatic rings. The maximum Gasteiger partial charge on any atom is 0.305 e. The van der Waals surface area contributed by atoms with Crippen LogP contribution in [0.1, 0.15) is 98.3 Å². The first-order valence-corrected chi connectivity index (χ1v) is 13.0. The van der Waals surface area contributed by atoms with E-state index in [9.17, 15) is 14.7 Å². The van der Waals surface area contributed by atoms with Gasteiger partial charge in [0.25, 0.3) is 0 Å². The molecule has 0 radical (unpaired) electrons. The van der Waals surface area contributed by atoms with E-state index < -0.39 is 5.60 Å². The van der Waals surface area contributed by atoms with E-state index >= 15 is 0 Å². The molecule has 5 nitrogen and oxygen atoms in total. The Morgan fingerprint density at radius 2 is 1.78 bits per heavy atom. The average Bonchev–Trinajstić information content (AvgIpc) is 3.09. The quantitative estimate of drug-likeness (QED) is 0.579. The predicted octanol–water partition coefficient (Wildman–Crippen LogP) is 5.28. The number of carbonyl (C=O) groups is 2. The molecule has 0 aliphatic heterocycles. The van der Waals surface area contributed by atoms with Gasteiger partial charge in [-0.15, -0.1) is 0 Å². The van der Waals surface area contributed by atoms with Crippen molar-refractivity contribution in [2.45, 2.75) is 110 Å². The molecule has 32 heavy (non-hydrogen) atoms. The molecule has 0 heterocycles. The van der Waals surface area contributed by atoms with Gasteiger partial charge in [-0.3, -0.25) is 9.59 Å². The van der Waals surface area contributed by atoms with E-state index in [1.54, 1.807) is 0 Å². The zero-order valence-electron chi connectivity index (χ0n) is 20.8. The Morgan fingerprint density at radius 1 is 1.03 bits per heavy atom. The minimum Gasteiger partial charge on any atom is -0.469 e. The van der Waals surface area contributed by atoms with Gasteiger partial charge < -0.3 is 14.6 Å². The summed E-state index contributed by atoms with van der Waals surface area (Å²) in [6.07, 6.45) is 10.6. The molecule has 0 aromatic carbocycles. The molecule has 4 saturated carbocycles. The number of rotatable bonds is 5. The number of hydrogen-bond donors (Lipinski definition) is 1. The zero-order chi connectivity index (χ0) is 23.3. The van der Waals surface area contributed by atoms with Gasteiger partial charge >= 0.3 is 11.9 Å². The van der Waals surface area contributed by atoms with E-state index in [-0.39, 0.29) is 23.5 Å². The number of carbonyl (C=O) groups excluding carboxylic acids is 2. The molecule has 0 spiro atoms. The van der Waals surface area contributed by atoms with E-state index in [0.717, 1.165) is 38.0 Å². The lowest BCUT2D eigenvalue weighted by Crippen LogP contribution is -2.63. The van der Waals surface area contributed by atoms with Crippen molar-refractivity contribution in [3.8, 4) is 0 Å². The second-order valence-corrected chi connectivity index (χ2v) is 12.2. The van der Waals surface area contributed by atoms with Crippen LogP contribution in [0.15, 0.2) is 0 Å². The standard InChI is InChI=1S/C27H44O5/c1-17(6-9-24(29)31-5)21-7-8-22-20-11-15-27(30)16-19(32-18(2)28)10-14-26(27,4)23(20)12-13-25(21,22)3/h17,19-23,30H,6-16H2,1-5H3/t17-,19-,20+,21-,22+,23+,25-,26-,27-/m1/s1. The fourth-order valence-corrected chi connectivity index (χ4v) is 9.17. The van der Waals surface area contributed by atoms with Gasteiger partial charge in [0.1, 0.15) is 6.10 Å². The molecular weight excluding hydrogens is 404 g/mol. The van der Waals surface area contributed by atoms with Crippen molar-refractivity contribution >= 4 is 11.9 Å². The summed E-state index contributed by atoms with van der Waals surface area (Å²) < 4.78 is 10.4. The summed E-state index contributed by atoms with van der Waals surface area (Å²) in [7, 11) is 1.48. The summed E-state index contributed by atoms with van der Waals surface area (Å²) in [6.45, 7) is 8.67. The monoisotopic (exact) mass is 448 g/mol. The average molecular weight is 449 g/mol. The number of hydrogen-bond acceptors (Lipinski definition) is 5. The van der Waals surface area contributed by atoms with Crippen LogP contribution in [0.4, 0.5) is 0 Å². The van der Waals surface area contributed by atoms with Gasteiger partial charge in [-0.2, -0.15) is 0 Å². The van der Waals surface area contributed by atoms with Gasteiger partial charge in [0.15, 0.2) is 0 Å². The fourth-order valence-electron chi connectivity index (χ4n) is 9.17.